The Hall–Kier alpha value is 1.53. The van der Waals surface area contributed by atoms with E-state index in [0.29, 0.717) is 6.64 Å². The SMILES string of the molecule is [2H]C[P+](CC)(CC)CC.[Y]. The van der Waals surface area contributed by atoms with Crippen molar-refractivity contribution in [3.8, 4) is 0 Å². The van der Waals surface area contributed by atoms with Gasteiger partial charge in [0, 0.05) is 46.6 Å². The van der Waals surface area contributed by atoms with Gasteiger partial charge in [-0.05, 0) is 20.8 Å². The first-order valence-corrected chi connectivity index (χ1v) is 5.92. The van der Waals surface area contributed by atoms with Crippen LogP contribution in [0.25, 0.3) is 0 Å². The molecule has 0 saturated carbocycles. The predicted octanol–water partition coefficient (Wildman–Crippen LogP) is 2.69. The molecule has 0 aromatic rings. The third-order valence-electron chi connectivity index (χ3n) is 2.01. The van der Waals surface area contributed by atoms with Crippen molar-refractivity contribution in [2.75, 3.05) is 25.1 Å². The van der Waals surface area contributed by atoms with Gasteiger partial charge >= 0.3 is 0 Å². The van der Waals surface area contributed by atoms with E-state index in [2.05, 4.69) is 20.8 Å². The summed E-state index contributed by atoms with van der Waals surface area (Å²) in [6, 6.07) is 0. The van der Waals surface area contributed by atoms with Crippen LogP contribution in [0.4, 0.5) is 0 Å². The van der Waals surface area contributed by atoms with E-state index >= 15 is 0 Å². The monoisotopic (exact) mass is 223 g/mol. The van der Waals surface area contributed by atoms with Crippen molar-refractivity contribution in [3.63, 3.8) is 0 Å². The molecule has 53 valence electrons. The third-order valence-corrected chi connectivity index (χ3v) is 6.04. The van der Waals surface area contributed by atoms with Gasteiger partial charge in [-0.25, -0.2) is 0 Å². The minimum atomic E-state index is -0.753. The topological polar surface area (TPSA) is 0 Å². The summed E-state index contributed by atoms with van der Waals surface area (Å²) < 4.78 is 7.36. The Morgan fingerprint density at radius 1 is 1.11 bits per heavy atom. The fourth-order valence-electron chi connectivity index (χ4n) is 0.671. The molecule has 0 spiro atoms. The zero-order valence-corrected chi connectivity index (χ0v) is 10.6. The van der Waals surface area contributed by atoms with Crippen LogP contribution in [0, 0.1) is 0 Å². The smallest absolute Gasteiger partial charge is 0.0311 e. The van der Waals surface area contributed by atoms with Crippen molar-refractivity contribution >= 4 is 7.26 Å². The van der Waals surface area contributed by atoms with Crippen LogP contribution in [0.3, 0.4) is 0 Å². The second kappa shape index (κ2) is 6.26. The number of rotatable bonds is 3. The van der Waals surface area contributed by atoms with Gasteiger partial charge < -0.3 is 0 Å². The van der Waals surface area contributed by atoms with Crippen molar-refractivity contribution in [3.05, 3.63) is 0 Å². The first kappa shape index (κ1) is 10.5. The second-order valence-electron chi connectivity index (χ2n) is 2.29. The zero-order chi connectivity index (χ0) is 7.33. The molecule has 2 heteroatoms. The minimum Gasteiger partial charge on any atom is -0.0311 e. The molecule has 9 heavy (non-hydrogen) atoms. The third kappa shape index (κ3) is 4.88. The van der Waals surface area contributed by atoms with Crippen LogP contribution < -0.4 is 0 Å². The summed E-state index contributed by atoms with van der Waals surface area (Å²) in [6.07, 6.45) is 3.80. The van der Waals surface area contributed by atoms with Crippen LogP contribution in [0.2, 0.25) is 0 Å². The van der Waals surface area contributed by atoms with Gasteiger partial charge in [-0.15, -0.1) is 0 Å². The molecule has 0 aliphatic heterocycles. The summed E-state index contributed by atoms with van der Waals surface area (Å²) in [6.45, 7) is 7.40. The Kier molecular flexibility index (Phi) is 7.32. The molecule has 1 radical (unpaired) electrons. The van der Waals surface area contributed by atoms with Gasteiger partial charge in [0.15, 0.2) is 0 Å². The van der Waals surface area contributed by atoms with E-state index in [-0.39, 0.29) is 32.7 Å². The van der Waals surface area contributed by atoms with E-state index in [0.717, 1.165) is 0 Å². The summed E-state index contributed by atoms with van der Waals surface area (Å²) in [5.41, 5.74) is 0. The average Bonchev–Trinajstić information content (AvgIpc) is 1.95. The quantitative estimate of drug-likeness (QED) is 0.645. The van der Waals surface area contributed by atoms with Crippen molar-refractivity contribution in [1.82, 2.24) is 0 Å². The van der Waals surface area contributed by atoms with E-state index in [1.54, 1.807) is 0 Å². The van der Waals surface area contributed by atoms with Crippen molar-refractivity contribution in [1.29, 1.82) is 0 Å². The Labute approximate surface area is 86.8 Å². The fraction of sp³-hybridized carbons (Fsp3) is 1.00. The van der Waals surface area contributed by atoms with Crippen molar-refractivity contribution < 1.29 is 34.1 Å². The van der Waals surface area contributed by atoms with Gasteiger partial charge in [0.1, 0.15) is 0 Å². The molecule has 0 aliphatic rings. The van der Waals surface area contributed by atoms with E-state index < -0.39 is 7.26 Å². The molecule has 0 heterocycles. The molecule has 0 aromatic heterocycles. The van der Waals surface area contributed by atoms with Gasteiger partial charge in [0.05, 0.1) is 19.9 Å². The molecule has 0 bridgehead atoms. The van der Waals surface area contributed by atoms with E-state index in [9.17, 15) is 0 Å². The minimum absolute atomic E-state index is 0. The maximum absolute atomic E-state index is 7.36. The standard InChI is InChI=1S/C7H18P.Y/c1-5-8(4,6-2)7-3;/h5-7H2,1-4H3;/q+1;/i4D;. The summed E-state index contributed by atoms with van der Waals surface area (Å²) in [5, 5.41) is 0. The molecular formula is C7H18PY+. The molecule has 0 atom stereocenters. The predicted molar refractivity (Wildman–Crippen MR) is 44.5 cm³/mol. The maximum Gasteiger partial charge on any atom is 0.0672 e. The van der Waals surface area contributed by atoms with Gasteiger partial charge in [0.2, 0.25) is 0 Å². The molecule has 0 nitrogen and oxygen atoms in total. The Bertz CT molecular complexity index is 56.5. The van der Waals surface area contributed by atoms with Crippen LogP contribution in [0.15, 0.2) is 0 Å². The molecule has 0 N–H and O–H groups in total. The van der Waals surface area contributed by atoms with E-state index in [4.69, 9.17) is 1.37 Å². The summed E-state index contributed by atoms with van der Waals surface area (Å²) in [4.78, 5) is 0. The largest absolute Gasteiger partial charge is 0.0672 e. The fourth-order valence-corrected chi connectivity index (χ4v) is 2.01. The van der Waals surface area contributed by atoms with Gasteiger partial charge in [-0.2, -0.15) is 0 Å². The van der Waals surface area contributed by atoms with Gasteiger partial charge in [0.25, 0.3) is 0 Å². The van der Waals surface area contributed by atoms with Crippen molar-refractivity contribution in [2.45, 2.75) is 20.8 Å². The van der Waals surface area contributed by atoms with Crippen LogP contribution >= 0.6 is 7.26 Å². The van der Waals surface area contributed by atoms with Gasteiger partial charge in [-0.1, -0.05) is 0 Å². The molecule has 0 rings (SSSR count). The second-order valence-corrected chi connectivity index (χ2v) is 6.87. The van der Waals surface area contributed by atoms with Crippen molar-refractivity contribution in [2.24, 2.45) is 0 Å². The average molecular weight is 223 g/mol. The van der Waals surface area contributed by atoms with Crippen LogP contribution in [0.5, 0.6) is 0 Å². The Balaban J connectivity index is 0. The summed E-state index contributed by atoms with van der Waals surface area (Å²) in [7, 11) is -0.753. The van der Waals surface area contributed by atoms with Gasteiger partial charge in [-0.3, -0.25) is 0 Å². The first-order chi connectivity index (χ1) is 4.24. The first-order valence-electron chi connectivity index (χ1n) is 4.09. The number of hydrogen-bond donors (Lipinski definition) is 0. The Morgan fingerprint density at radius 2 is 1.44 bits per heavy atom. The molecular weight excluding hydrogens is 204 g/mol. The zero-order valence-electron chi connectivity index (χ0n) is 7.85. The maximum atomic E-state index is 7.36. The van der Waals surface area contributed by atoms with E-state index in [1.807, 2.05) is 0 Å². The van der Waals surface area contributed by atoms with Crippen LogP contribution in [-0.4, -0.2) is 25.1 Å². The molecule has 0 aromatic carbocycles. The summed E-state index contributed by atoms with van der Waals surface area (Å²) in [5.74, 6) is 0. The molecule has 0 fully saturated rings. The Morgan fingerprint density at radius 3 is 1.44 bits per heavy atom. The molecule has 0 aliphatic carbocycles. The molecule has 0 unspecified atom stereocenters. The number of hydrogen-bond acceptors (Lipinski definition) is 0. The van der Waals surface area contributed by atoms with Crippen LogP contribution in [-0.2, 0) is 32.7 Å². The van der Waals surface area contributed by atoms with Crippen LogP contribution in [0.1, 0.15) is 22.1 Å². The summed E-state index contributed by atoms with van der Waals surface area (Å²) >= 11 is 0. The van der Waals surface area contributed by atoms with E-state index in [1.165, 1.54) is 18.5 Å². The molecule has 0 amide bonds. The molecule has 0 saturated heterocycles. The normalized spacial score (nSPS) is 12.1.